The highest BCUT2D eigenvalue weighted by molar-refractivity contribution is 7.14. The molecule has 3 heterocycles. The second kappa shape index (κ2) is 3.61. The monoisotopic (exact) mass is 223 g/mol. The lowest BCUT2D eigenvalue weighted by atomic mass is 10.1. The van der Waals surface area contributed by atoms with E-state index in [0.717, 1.165) is 23.5 Å². The van der Waals surface area contributed by atoms with Crippen LogP contribution in [0.2, 0.25) is 0 Å². The van der Waals surface area contributed by atoms with Gasteiger partial charge in [0, 0.05) is 18.0 Å². The summed E-state index contributed by atoms with van der Waals surface area (Å²) in [5.74, 6) is 0.0806. The van der Waals surface area contributed by atoms with Gasteiger partial charge in [0.2, 0.25) is 0 Å². The van der Waals surface area contributed by atoms with Crippen molar-refractivity contribution in [1.29, 1.82) is 0 Å². The molecule has 1 aromatic heterocycles. The number of rotatable bonds is 1. The molecule has 1 saturated heterocycles. The number of carbonyl (C=O) groups is 1. The van der Waals surface area contributed by atoms with Crippen molar-refractivity contribution >= 4 is 17.2 Å². The molecule has 15 heavy (non-hydrogen) atoms. The first-order chi connectivity index (χ1) is 7.34. The number of hydrogen-bond donors (Lipinski definition) is 1. The normalized spacial score (nSPS) is 25.1. The van der Waals surface area contributed by atoms with Crippen LogP contribution in [0.3, 0.4) is 0 Å². The molecule has 2 aliphatic heterocycles. The first kappa shape index (κ1) is 9.36. The van der Waals surface area contributed by atoms with Gasteiger partial charge < -0.3 is 10.1 Å². The number of hydrogen-bond acceptors (Lipinski definition) is 3. The summed E-state index contributed by atoms with van der Waals surface area (Å²) >= 11 is 1.60. The van der Waals surface area contributed by atoms with E-state index in [4.69, 9.17) is 4.74 Å². The van der Waals surface area contributed by atoms with Gasteiger partial charge in [-0.25, -0.2) is 0 Å². The summed E-state index contributed by atoms with van der Waals surface area (Å²) in [6.07, 6.45) is 3.74. The van der Waals surface area contributed by atoms with Crippen molar-refractivity contribution in [2.45, 2.75) is 31.9 Å². The molecule has 0 spiro atoms. The smallest absolute Gasteiger partial charge is 0.261 e. The van der Waals surface area contributed by atoms with E-state index < -0.39 is 0 Å². The Bertz CT molecular complexity index is 393. The molecular weight excluding hydrogens is 210 g/mol. The van der Waals surface area contributed by atoms with Crippen LogP contribution in [0.25, 0.3) is 0 Å². The van der Waals surface area contributed by atoms with Gasteiger partial charge in [-0.3, -0.25) is 4.79 Å². The van der Waals surface area contributed by atoms with Crippen LogP contribution in [-0.4, -0.2) is 12.5 Å². The van der Waals surface area contributed by atoms with Gasteiger partial charge in [-0.15, -0.1) is 11.3 Å². The van der Waals surface area contributed by atoms with E-state index in [0.29, 0.717) is 6.54 Å². The highest BCUT2D eigenvalue weighted by Gasteiger charge is 2.26. The third kappa shape index (κ3) is 1.58. The van der Waals surface area contributed by atoms with Gasteiger partial charge in [0.05, 0.1) is 11.0 Å². The fraction of sp³-hybridized carbons (Fsp3) is 0.545. The fourth-order valence-corrected chi connectivity index (χ4v) is 3.33. The fourth-order valence-electron chi connectivity index (χ4n) is 2.15. The summed E-state index contributed by atoms with van der Waals surface area (Å²) in [5.41, 5.74) is 1.15. The van der Waals surface area contributed by atoms with Gasteiger partial charge in [0.25, 0.3) is 5.91 Å². The molecule has 0 bridgehead atoms. The van der Waals surface area contributed by atoms with Crippen molar-refractivity contribution < 1.29 is 9.53 Å². The molecule has 80 valence electrons. The lowest BCUT2D eigenvalue weighted by Gasteiger charge is -2.21. The summed E-state index contributed by atoms with van der Waals surface area (Å²) in [6.45, 7) is 1.55. The SMILES string of the molecule is O=C1NCc2cc(C3CCCCO3)sc21. The zero-order valence-electron chi connectivity index (χ0n) is 8.41. The van der Waals surface area contributed by atoms with Crippen LogP contribution in [0.4, 0.5) is 0 Å². The summed E-state index contributed by atoms with van der Waals surface area (Å²) < 4.78 is 5.71. The maximum atomic E-state index is 11.4. The third-order valence-corrected chi connectivity index (χ3v) is 4.24. The first-order valence-corrected chi connectivity index (χ1v) is 6.18. The standard InChI is InChI=1S/C11H13NO2S/c13-11-10-7(6-12-11)5-9(15-10)8-3-1-2-4-14-8/h5,8H,1-4,6H2,(H,12,13). The largest absolute Gasteiger partial charge is 0.373 e. The average Bonchev–Trinajstić information content (AvgIpc) is 2.83. The van der Waals surface area contributed by atoms with Crippen LogP contribution < -0.4 is 5.32 Å². The Morgan fingerprint density at radius 1 is 1.47 bits per heavy atom. The van der Waals surface area contributed by atoms with Crippen LogP contribution in [0.1, 0.15) is 45.5 Å². The van der Waals surface area contributed by atoms with E-state index in [1.807, 2.05) is 0 Å². The predicted molar refractivity (Wildman–Crippen MR) is 58.0 cm³/mol. The van der Waals surface area contributed by atoms with Gasteiger partial charge in [-0.05, 0) is 30.9 Å². The number of carbonyl (C=O) groups excluding carboxylic acids is 1. The van der Waals surface area contributed by atoms with Crippen molar-refractivity contribution in [3.63, 3.8) is 0 Å². The zero-order chi connectivity index (χ0) is 10.3. The zero-order valence-corrected chi connectivity index (χ0v) is 9.23. The van der Waals surface area contributed by atoms with Crippen LogP contribution in [0, 0.1) is 0 Å². The molecule has 1 amide bonds. The van der Waals surface area contributed by atoms with Gasteiger partial charge in [0.15, 0.2) is 0 Å². The molecular formula is C11H13NO2S. The Morgan fingerprint density at radius 2 is 2.40 bits per heavy atom. The van der Waals surface area contributed by atoms with Crippen LogP contribution in [-0.2, 0) is 11.3 Å². The summed E-state index contributed by atoms with van der Waals surface area (Å²) in [7, 11) is 0. The molecule has 1 N–H and O–H groups in total. The highest BCUT2D eigenvalue weighted by atomic mass is 32.1. The predicted octanol–water partition coefficient (Wildman–Crippen LogP) is 2.23. The van der Waals surface area contributed by atoms with Crippen LogP contribution in [0.15, 0.2) is 6.07 Å². The Balaban J connectivity index is 1.87. The Morgan fingerprint density at radius 3 is 3.13 bits per heavy atom. The van der Waals surface area contributed by atoms with Crippen molar-refractivity contribution in [2.75, 3.05) is 6.61 Å². The molecule has 0 aliphatic carbocycles. The molecule has 1 aromatic rings. The topological polar surface area (TPSA) is 38.3 Å². The average molecular weight is 223 g/mol. The molecule has 3 rings (SSSR count). The number of thiophene rings is 1. The quantitative estimate of drug-likeness (QED) is 0.793. The second-order valence-electron chi connectivity index (χ2n) is 4.04. The molecule has 3 nitrogen and oxygen atoms in total. The Kier molecular flexibility index (Phi) is 2.25. The number of nitrogens with one attached hydrogen (secondary N) is 1. The van der Waals surface area contributed by atoms with E-state index in [9.17, 15) is 4.79 Å². The molecule has 4 heteroatoms. The molecule has 0 radical (unpaired) electrons. The van der Waals surface area contributed by atoms with E-state index in [-0.39, 0.29) is 12.0 Å². The molecule has 1 fully saturated rings. The minimum atomic E-state index is 0.0806. The van der Waals surface area contributed by atoms with Crippen LogP contribution >= 0.6 is 11.3 Å². The van der Waals surface area contributed by atoms with Crippen molar-refractivity contribution in [3.8, 4) is 0 Å². The van der Waals surface area contributed by atoms with E-state index in [2.05, 4.69) is 11.4 Å². The maximum absolute atomic E-state index is 11.4. The summed E-state index contributed by atoms with van der Waals surface area (Å²) in [4.78, 5) is 13.5. The van der Waals surface area contributed by atoms with E-state index in [1.165, 1.54) is 17.7 Å². The van der Waals surface area contributed by atoms with Crippen molar-refractivity contribution in [3.05, 3.63) is 21.4 Å². The second-order valence-corrected chi connectivity index (χ2v) is 5.12. The maximum Gasteiger partial charge on any atom is 0.261 e. The lowest BCUT2D eigenvalue weighted by Crippen LogP contribution is -2.13. The first-order valence-electron chi connectivity index (χ1n) is 5.37. The van der Waals surface area contributed by atoms with Crippen LogP contribution in [0.5, 0.6) is 0 Å². The Hall–Kier alpha value is -0.870. The highest BCUT2D eigenvalue weighted by Crippen LogP contribution is 2.36. The molecule has 0 saturated carbocycles. The number of fused-ring (bicyclic) bond motifs is 1. The number of amides is 1. The summed E-state index contributed by atoms with van der Waals surface area (Å²) in [5, 5.41) is 2.83. The van der Waals surface area contributed by atoms with E-state index in [1.54, 1.807) is 11.3 Å². The minimum absolute atomic E-state index is 0.0806. The number of ether oxygens (including phenoxy) is 1. The van der Waals surface area contributed by atoms with Gasteiger partial charge in [-0.2, -0.15) is 0 Å². The van der Waals surface area contributed by atoms with E-state index >= 15 is 0 Å². The Labute approximate surface area is 92.4 Å². The van der Waals surface area contributed by atoms with Gasteiger partial charge in [0.1, 0.15) is 0 Å². The van der Waals surface area contributed by atoms with Gasteiger partial charge >= 0.3 is 0 Å². The third-order valence-electron chi connectivity index (χ3n) is 2.97. The minimum Gasteiger partial charge on any atom is -0.373 e. The van der Waals surface area contributed by atoms with Crippen molar-refractivity contribution in [2.24, 2.45) is 0 Å². The summed E-state index contributed by atoms with van der Waals surface area (Å²) in [6, 6.07) is 2.13. The van der Waals surface area contributed by atoms with Gasteiger partial charge in [-0.1, -0.05) is 0 Å². The molecule has 2 aliphatic rings. The molecule has 0 aromatic carbocycles. The van der Waals surface area contributed by atoms with Crippen molar-refractivity contribution in [1.82, 2.24) is 5.32 Å². The lowest BCUT2D eigenvalue weighted by molar-refractivity contribution is 0.0172. The molecule has 1 atom stereocenters. The molecule has 1 unspecified atom stereocenters.